The number of anilines is 1. The van der Waals surface area contributed by atoms with Crippen LogP contribution in [0.15, 0.2) is 23.1 Å². The third-order valence-electron chi connectivity index (χ3n) is 1.62. The van der Waals surface area contributed by atoms with E-state index in [1.165, 1.54) is 18.2 Å². The number of carbonyl (C=O) groups is 1. The van der Waals surface area contributed by atoms with Gasteiger partial charge in [0.05, 0.1) is 9.92 Å². The molecule has 0 aromatic heterocycles. The number of halogens is 1. The van der Waals surface area contributed by atoms with Crippen LogP contribution in [-0.2, 0) is 14.6 Å². The molecule has 1 aromatic carbocycles. The second-order valence-corrected chi connectivity index (χ2v) is 5.28. The Morgan fingerprint density at radius 2 is 2.00 bits per heavy atom. The number of amides is 1. The largest absolute Gasteiger partial charge is 0.399 e. The summed E-state index contributed by atoms with van der Waals surface area (Å²) in [7, 11) is -3.77. The third kappa shape index (κ3) is 2.84. The van der Waals surface area contributed by atoms with Gasteiger partial charge in [0.1, 0.15) is 5.75 Å². The Morgan fingerprint density at radius 3 is 2.47 bits per heavy atom. The van der Waals surface area contributed by atoms with E-state index in [4.69, 9.17) is 23.1 Å². The van der Waals surface area contributed by atoms with Crippen LogP contribution in [0, 0.1) is 0 Å². The molecule has 1 amide bonds. The number of carbonyl (C=O) groups excluding carboxylic acids is 1. The van der Waals surface area contributed by atoms with Crippen LogP contribution < -0.4 is 11.5 Å². The maximum atomic E-state index is 11.5. The molecule has 0 aliphatic carbocycles. The van der Waals surface area contributed by atoms with Gasteiger partial charge in [-0.1, -0.05) is 11.6 Å². The molecule has 0 saturated carbocycles. The molecule has 0 radical (unpaired) electrons. The lowest BCUT2D eigenvalue weighted by Gasteiger charge is -2.04. The minimum atomic E-state index is -3.77. The van der Waals surface area contributed by atoms with E-state index >= 15 is 0 Å². The highest BCUT2D eigenvalue weighted by Gasteiger charge is 2.20. The summed E-state index contributed by atoms with van der Waals surface area (Å²) in [5.41, 5.74) is 10.6. The molecule has 1 aromatic rings. The molecule has 0 saturated heterocycles. The minimum Gasteiger partial charge on any atom is -0.399 e. The summed E-state index contributed by atoms with van der Waals surface area (Å²) in [5, 5.41) is -0.0174. The molecule has 0 aliphatic heterocycles. The smallest absolute Gasteiger partial charge is 0.233 e. The van der Waals surface area contributed by atoms with E-state index in [1.54, 1.807) is 0 Å². The van der Waals surface area contributed by atoms with E-state index in [1.807, 2.05) is 0 Å². The molecule has 5 nitrogen and oxygen atoms in total. The van der Waals surface area contributed by atoms with Gasteiger partial charge in [0.2, 0.25) is 5.91 Å². The fraction of sp³-hybridized carbons (Fsp3) is 0.125. The van der Waals surface area contributed by atoms with Crippen molar-refractivity contribution in [1.29, 1.82) is 0 Å². The average molecular weight is 249 g/mol. The average Bonchev–Trinajstić information content (AvgIpc) is 1.99. The van der Waals surface area contributed by atoms with Gasteiger partial charge >= 0.3 is 0 Å². The first kappa shape index (κ1) is 11.8. The summed E-state index contributed by atoms with van der Waals surface area (Å²) in [4.78, 5) is 10.4. The molecular formula is C8H9ClN2O3S. The lowest BCUT2D eigenvalue weighted by Crippen LogP contribution is -2.23. The zero-order valence-electron chi connectivity index (χ0n) is 7.60. The van der Waals surface area contributed by atoms with Crippen LogP contribution in [0.2, 0.25) is 5.02 Å². The Labute approximate surface area is 91.9 Å². The first-order chi connectivity index (χ1) is 6.83. The van der Waals surface area contributed by atoms with E-state index in [9.17, 15) is 13.2 Å². The molecule has 4 N–H and O–H groups in total. The molecule has 0 spiro atoms. The maximum Gasteiger partial charge on any atom is 0.233 e. The number of benzene rings is 1. The van der Waals surface area contributed by atoms with Crippen LogP contribution in [0.25, 0.3) is 0 Å². The van der Waals surface area contributed by atoms with Gasteiger partial charge in [-0.15, -0.1) is 0 Å². The molecule has 0 aliphatic rings. The molecule has 0 atom stereocenters. The van der Waals surface area contributed by atoms with E-state index in [0.29, 0.717) is 5.69 Å². The summed E-state index contributed by atoms with van der Waals surface area (Å²) in [6.07, 6.45) is 0. The van der Waals surface area contributed by atoms with Crippen LogP contribution >= 0.6 is 11.6 Å². The Balaban J connectivity index is 3.22. The Hall–Kier alpha value is -1.27. The van der Waals surface area contributed by atoms with Gasteiger partial charge in [0, 0.05) is 5.69 Å². The lowest BCUT2D eigenvalue weighted by atomic mass is 10.3. The van der Waals surface area contributed by atoms with Crippen LogP contribution in [0.5, 0.6) is 0 Å². The predicted molar refractivity (Wildman–Crippen MR) is 57.1 cm³/mol. The van der Waals surface area contributed by atoms with Crippen molar-refractivity contribution in [3.05, 3.63) is 23.2 Å². The number of nitrogen functional groups attached to an aromatic ring is 1. The minimum absolute atomic E-state index is 0.0174. The maximum absolute atomic E-state index is 11.5. The van der Waals surface area contributed by atoms with Crippen LogP contribution in [0.1, 0.15) is 0 Å². The van der Waals surface area contributed by atoms with Crippen LogP contribution in [0.4, 0.5) is 5.69 Å². The van der Waals surface area contributed by atoms with Crippen LogP contribution in [0.3, 0.4) is 0 Å². The zero-order chi connectivity index (χ0) is 11.6. The molecular weight excluding hydrogens is 240 g/mol. The van der Waals surface area contributed by atoms with Gasteiger partial charge in [0.15, 0.2) is 9.84 Å². The Bertz CT molecular complexity index is 499. The van der Waals surface area contributed by atoms with E-state index in [2.05, 4.69) is 0 Å². The molecule has 15 heavy (non-hydrogen) atoms. The molecule has 0 heterocycles. The van der Waals surface area contributed by atoms with Crippen molar-refractivity contribution < 1.29 is 13.2 Å². The fourth-order valence-electron chi connectivity index (χ4n) is 1.03. The fourth-order valence-corrected chi connectivity index (χ4v) is 2.74. The van der Waals surface area contributed by atoms with E-state index in [0.717, 1.165) is 0 Å². The van der Waals surface area contributed by atoms with Gasteiger partial charge in [-0.2, -0.15) is 0 Å². The van der Waals surface area contributed by atoms with Crippen molar-refractivity contribution in [1.82, 2.24) is 0 Å². The second-order valence-electron chi connectivity index (χ2n) is 2.92. The molecule has 0 bridgehead atoms. The van der Waals surface area contributed by atoms with Crippen molar-refractivity contribution in [2.24, 2.45) is 5.73 Å². The van der Waals surface area contributed by atoms with Crippen molar-refractivity contribution in [3.63, 3.8) is 0 Å². The lowest BCUT2D eigenvalue weighted by molar-refractivity contribution is -0.115. The van der Waals surface area contributed by atoms with Gasteiger partial charge in [-0.05, 0) is 18.2 Å². The van der Waals surface area contributed by atoms with Crippen molar-refractivity contribution in [3.8, 4) is 0 Å². The summed E-state index contributed by atoms with van der Waals surface area (Å²) in [6, 6.07) is 3.94. The van der Waals surface area contributed by atoms with Gasteiger partial charge in [-0.3, -0.25) is 4.79 Å². The quantitative estimate of drug-likeness (QED) is 0.745. The highest BCUT2D eigenvalue weighted by molar-refractivity contribution is 7.92. The highest BCUT2D eigenvalue weighted by Crippen LogP contribution is 2.24. The SMILES string of the molecule is NC(=O)CS(=O)(=O)c1ccc(N)cc1Cl. The van der Waals surface area contributed by atoms with Gasteiger partial charge in [-0.25, -0.2) is 8.42 Å². The van der Waals surface area contributed by atoms with Gasteiger partial charge < -0.3 is 11.5 Å². The van der Waals surface area contributed by atoms with Crippen molar-refractivity contribution >= 4 is 33.0 Å². The summed E-state index contributed by atoms with van der Waals surface area (Å²) >= 11 is 5.69. The van der Waals surface area contributed by atoms with Crippen LogP contribution in [-0.4, -0.2) is 20.1 Å². The number of sulfone groups is 1. The van der Waals surface area contributed by atoms with Crippen molar-refractivity contribution in [2.75, 3.05) is 11.5 Å². The monoisotopic (exact) mass is 248 g/mol. The molecule has 7 heteroatoms. The van der Waals surface area contributed by atoms with E-state index < -0.39 is 21.5 Å². The summed E-state index contributed by atoms with van der Waals surface area (Å²) in [6.45, 7) is 0. The van der Waals surface area contributed by atoms with E-state index in [-0.39, 0.29) is 9.92 Å². The third-order valence-corrected chi connectivity index (χ3v) is 3.74. The Morgan fingerprint density at radius 1 is 1.40 bits per heavy atom. The molecule has 0 fully saturated rings. The van der Waals surface area contributed by atoms with Crippen molar-refractivity contribution in [2.45, 2.75) is 4.90 Å². The normalized spacial score (nSPS) is 11.3. The summed E-state index contributed by atoms with van der Waals surface area (Å²) in [5.74, 6) is -1.70. The number of nitrogens with two attached hydrogens (primary N) is 2. The van der Waals surface area contributed by atoms with Gasteiger partial charge in [0.25, 0.3) is 0 Å². The number of hydrogen-bond donors (Lipinski definition) is 2. The highest BCUT2D eigenvalue weighted by atomic mass is 35.5. The first-order valence-corrected chi connectivity index (χ1v) is 5.92. The molecule has 1 rings (SSSR count). The number of hydrogen-bond acceptors (Lipinski definition) is 4. The molecule has 0 unspecified atom stereocenters. The molecule has 82 valence electrons. The second kappa shape index (κ2) is 4.08. The summed E-state index contributed by atoms with van der Waals surface area (Å²) < 4.78 is 23.1. The number of rotatable bonds is 3. The predicted octanol–water partition coefficient (Wildman–Crippen LogP) is 0.181. The Kier molecular flexibility index (Phi) is 3.21. The topological polar surface area (TPSA) is 103 Å². The standard InChI is InChI=1S/C8H9ClN2O3S/c9-6-3-5(10)1-2-7(6)15(13,14)4-8(11)12/h1-3H,4,10H2,(H2,11,12). The number of primary amides is 1. The first-order valence-electron chi connectivity index (χ1n) is 3.89. The zero-order valence-corrected chi connectivity index (χ0v) is 9.18.